The van der Waals surface area contributed by atoms with Crippen molar-refractivity contribution in [3.8, 4) is 0 Å². The average molecular weight is 406 g/mol. The number of aromatic nitrogens is 3. The Labute approximate surface area is 174 Å². The molecule has 1 aromatic carbocycles. The van der Waals surface area contributed by atoms with Crippen LogP contribution >= 0.6 is 11.3 Å². The molecule has 1 N–H and O–H groups in total. The number of nitrogens with one attached hydrogen (secondary N) is 1. The lowest BCUT2D eigenvalue weighted by atomic mass is 10.0. The van der Waals surface area contributed by atoms with Gasteiger partial charge in [-0.2, -0.15) is 0 Å². The van der Waals surface area contributed by atoms with E-state index in [0.29, 0.717) is 12.4 Å². The number of carbonyl (C=O) groups excluding carboxylic acids is 1. The van der Waals surface area contributed by atoms with Crippen molar-refractivity contribution in [3.63, 3.8) is 0 Å². The molecule has 1 aliphatic heterocycles. The van der Waals surface area contributed by atoms with E-state index in [2.05, 4.69) is 20.3 Å². The lowest BCUT2D eigenvalue weighted by molar-refractivity contribution is -0.124. The van der Waals surface area contributed by atoms with Crippen LogP contribution in [0.3, 0.4) is 0 Å². The fourth-order valence-corrected chi connectivity index (χ4v) is 4.10. The fourth-order valence-electron chi connectivity index (χ4n) is 3.42. The molecule has 29 heavy (non-hydrogen) atoms. The van der Waals surface area contributed by atoms with Crippen molar-refractivity contribution in [2.75, 3.05) is 18.4 Å². The van der Waals surface area contributed by atoms with E-state index in [-0.39, 0.29) is 11.8 Å². The second-order valence-corrected chi connectivity index (χ2v) is 8.37. The molecule has 3 aromatic rings. The van der Waals surface area contributed by atoms with E-state index in [1.54, 1.807) is 17.4 Å². The number of anilines is 2. The summed E-state index contributed by atoms with van der Waals surface area (Å²) in [5, 5.41) is 4.09. The largest absolute Gasteiger partial charge is 0.338 e. The minimum atomic E-state index is 0.0405. The van der Waals surface area contributed by atoms with Crippen molar-refractivity contribution in [1.29, 1.82) is 0 Å². The molecular weight excluding hydrogens is 382 g/mol. The first-order valence-corrected chi connectivity index (χ1v) is 10.5. The minimum Gasteiger partial charge on any atom is -0.338 e. The molecule has 3 heterocycles. The molecule has 1 fully saturated rings. The van der Waals surface area contributed by atoms with Gasteiger partial charge in [0.05, 0.1) is 5.69 Å². The number of benzene rings is 1. The number of amides is 1. The summed E-state index contributed by atoms with van der Waals surface area (Å²) >= 11 is 1.59. The molecule has 4 rings (SSSR count). The van der Waals surface area contributed by atoms with E-state index < -0.39 is 0 Å². The molecule has 0 saturated carbocycles. The molecule has 7 heteroatoms. The lowest BCUT2D eigenvalue weighted by Crippen LogP contribution is -2.26. The van der Waals surface area contributed by atoms with Crippen LogP contribution in [0.2, 0.25) is 0 Å². The predicted molar refractivity (Wildman–Crippen MR) is 116 cm³/mol. The van der Waals surface area contributed by atoms with E-state index >= 15 is 0 Å². The number of hydrogen-bond acceptors (Lipinski definition) is 6. The Morgan fingerprint density at radius 3 is 2.83 bits per heavy atom. The number of likely N-dealkylation sites (tertiary alicyclic amines) is 1. The Hall–Kier alpha value is -3.06. The molecule has 1 saturated heterocycles. The highest BCUT2D eigenvalue weighted by Gasteiger charge is 2.27. The summed E-state index contributed by atoms with van der Waals surface area (Å²) in [5.41, 5.74) is 1.99. The van der Waals surface area contributed by atoms with E-state index in [1.165, 1.54) is 0 Å². The SMILES string of the molecule is Cc1nc(Nc2ncc(C)s2)cc([C@@H]2CCN(C(=O)/C=C/c3ccccc3)C2)n1. The van der Waals surface area contributed by atoms with Crippen molar-refractivity contribution in [1.82, 2.24) is 19.9 Å². The molecular formula is C22H23N5OS. The standard InChI is InChI=1S/C22H23N5OS/c1-15-13-23-22(29-15)26-20-12-19(24-16(2)25-20)18-10-11-27(14-18)21(28)9-8-17-6-4-3-5-7-17/h3-9,12-13,18H,10-11,14H2,1-2H3,(H,23,24,25,26)/b9-8+/t18-/m1/s1. The molecule has 6 nitrogen and oxygen atoms in total. The van der Waals surface area contributed by atoms with Gasteiger partial charge in [-0.3, -0.25) is 4.79 Å². The summed E-state index contributed by atoms with van der Waals surface area (Å²) in [4.78, 5) is 29.0. The van der Waals surface area contributed by atoms with Crippen LogP contribution in [0, 0.1) is 13.8 Å². The van der Waals surface area contributed by atoms with Crippen LogP contribution < -0.4 is 5.32 Å². The van der Waals surface area contributed by atoms with Crippen LogP contribution in [0.5, 0.6) is 0 Å². The number of carbonyl (C=O) groups is 1. The molecule has 0 radical (unpaired) electrons. The summed E-state index contributed by atoms with van der Waals surface area (Å²) in [7, 11) is 0. The van der Waals surface area contributed by atoms with Crippen molar-refractivity contribution < 1.29 is 4.79 Å². The van der Waals surface area contributed by atoms with E-state index in [4.69, 9.17) is 0 Å². The maximum absolute atomic E-state index is 12.6. The molecule has 0 aliphatic carbocycles. The number of hydrogen-bond donors (Lipinski definition) is 1. The number of rotatable bonds is 5. The van der Waals surface area contributed by atoms with Crippen LogP contribution in [-0.2, 0) is 4.79 Å². The summed E-state index contributed by atoms with van der Waals surface area (Å²) in [6, 6.07) is 11.8. The first kappa shape index (κ1) is 19.3. The van der Waals surface area contributed by atoms with Gasteiger partial charge in [-0.1, -0.05) is 30.3 Å². The van der Waals surface area contributed by atoms with Gasteiger partial charge in [-0.05, 0) is 31.9 Å². The molecule has 1 aliphatic rings. The molecule has 1 amide bonds. The third-order valence-electron chi connectivity index (χ3n) is 4.85. The monoisotopic (exact) mass is 405 g/mol. The first-order chi connectivity index (χ1) is 14.1. The summed E-state index contributed by atoms with van der Waals surface area (Å²) in [6.07, 6.45) is 6.26. The smallest absolute Gasteiger partial charge is 0.246 e. The molecule has 148 valence electrons. The van der Waals surface area contributed by atoms with Crippen LogP contribution in [0.25, 0.3) is 6.08 Å². The Kier molecular flexibility index (Phi) is 5.67. The van der Waals surface area contributed by atoms with Crippen LogP contribution in [-0.4, -0.2) is 38.8 Å². The Balaban J connectivity index is 1.43. The number of thiazole rings is 1. The van der Waals surface area contributed by atoms with E-state index in [9.17, 15) is 4.79 Å². The lowest BCUT2D eigenvalue weighted by Gasteiger charge is -2.15. The number of aryl methyl sites for hydroxylation is 2. The zero-order chi connectivity index (χ0) is 20.2. The average Bonchev–Trinajstić information content (AvgIpc) is 3.36. The first-order valence-electron chi connectivity index (χ1n) is 9.64. The molecule has 0 unspecified atom stereocenters. The predicted octanol–water partition coefficient (Wildman–Crippen LogP) is 4.32. The fraction of sp³-hybridized carbons (Fsp3) is 0.273. The summed E-state index contributed by atoms with van der Waals surface area (Å²) < 4.78 is 0. The van der Waals surface area contributed by atoms with Crippen molar-refractivity contribution in [3.05, 3.63) is 70.6 Å². The Morgan fingerprint density at radius 2 is 2.07 bits per heavy atom. The zero-order valence-corrected chi connectivity index (χ0v) is 17.3. The topological polar surface area (TPSA) is 71.0 Å². The molecule has 0 bridgehead atoms. The van der Waals surface area contributed by atoms with Gasteiger partial charge in [0, 0.05) is 42.2 Å². The second kappa shape index (κ2) is 8.53. The van der Waals surface area contributed by atoms with Crippen LogP contribution in [0.1, 0.15) is 34.3 Å². The highest BCUT2D eigenvalue weighted by Crippen LogP contribution is 2.29. The molecule has 0 spiro atoms. The Morgan fingerprint density at radius 1 is 1.24 bits per heavy atom. The molecule has 1 atom stereocenters. The van der Waals surface area contributed by atoms with Gasteiger partial charge < -0.3 is 10.2 Å². The third-order valence-corrected chi connectivity index (χ3v) is 5.68. The number of nitrogens with zero attached hydrogens (tertiary/aromatic N) is 4. The van der Waals surface area contributed by atoms with Gasteiger partial charge in [-0.15, -0.1) is 11.3 Å². The van der Waals surface area contributed by atoms with Crippen LogP contribution in [0.4, 0.5) is 10.9 Å². The van der Waals surface area contributed by atoms with Crippen molar-refractivity contribution in [2.45, 2.75) is 26.2 Å². The Bertz CT molecular complexity index is 1030. The highest BCUT2D eigenvalue weighted by molar-refractivity contribution is 7.15. The van der Waals surface area contributed by atoms with E-state index in [0.717, 1.165) is 40.0 Å². The zero-order valence-electron chi connectivity index (χ0n) is 16.5. The van der Waals surface area contributed by atoms with Crippen LogP contribution in [0.15, 0.2) is 48.7 Å². The molecule has 2 aromatic heterocycles. The van der Waals surface area contributed by atoms with Gasteiger partial charge in [0.1, 0.15) is 11.6 Å². The van der Waals surface area contributed by atoms with Gasteiger partial charge in [0.2, 0.25) is 5.91 Å². The third kappa shape index (κ3) is 4.86. The quantitative estimate of drug-likeness (QED) is 0.640. The highest BCUT2D eigenvalue weighted by atomic mass is 32.1. The second-order valence-electron chi connectivity index (χ2n) is 7.14. The van der Waals surface area contributed by atoms with E-state index in [1.807, 2.05) is 67.4 Å². The van der Waals surface area contributed by atoms with Crippen molar-refractivity contribution >= 4 is 34.3 Å². The van der Waals surface area contributed by atoms with Gasteiger partial charge in [0.15, 0.2) is 5.13 Å². The van der Waals surface area contributed by atoms with Gasteiger partial charge >= 0.3 is 0 Å². The summed E-state index contributed by atoms with van der Waals surface area (Å²) in [6.45, 7) is 5.32. The maximum atomic E-state index is 12.6. The maximum Gasteiger partial charge on any atom is 0.246 e. The van der Waals surface area contributed by atoms with Crippen molar-refractivity contribution in [2.24, 2.45) is 0 Å². The summed E-state index contributed by atoms with van der Waals surface area (Å²) in [5.74, 6) is 1.71. The minimum absolute atomic E-state index is 0.0405. The van der Waals surface area contributed by atoms with Gasteiger partial charge in [-0.25, -0.2) is 15.0 Å². The normalized spacial score (nSPS) is 16.5. The van der Waals surface area contributed by atoms with Gasteiger partial charge in [0.25, 0.3) is 0 Å².